The number of amides is 1. The van der Waals surface area contributed by atoms with Gasteiger partial charge in [-0.15, -0.1) is 0 Å². The average Bonchev–Trinajstić information content (AvgIpc) is 2.42. The van der Waals surface area contributed by atoms with Gasteiger partial charge < -0.3 is 16.8 Å². The first-order valence-electron chi connectivity index (χ1n) is 5.59. The minimum atomic E-state index is -0.699. The van der Waals surface area contributed by atoms with E-state index in [4.69, 9.17) is 11.5 Å². The van der Waals surface area contributed by atoms with E-state index < -0.39 is 16.4 Å². The van der Waals surface area contributed by atoms with Gasteiger partial charge in [0.2, 0.25) is 5.95 Å². The normalized spacial score (nSPS) is 10.1. The number of nitro groups is 1. The Balaban J connectivity index is 2.26. The Hall–Kier alpha value is -3.43. The number of nitrogens with two attached hydrogens (primary N) is 2. The molecule has 10 nitrogen and oxygen atoms in total. The molecule has 0 atom stereocenters. The van der Waals surface area contributed by atoms with E-state index in [9.17, 15) is 19.7 Å². The maximum Gasteiger partial charge on any atom is 0.278 e. The summed E-state index contributed by atoms with van der Waals surface area (Å²) in [5, 5.41) is 12.8. The number of anilines is 3. The van der Waals surface area contributed by atoms with E-state index in [0.29, 0.717) is 0 Å². The van der Waals surface area contributed by atoms with Crippen LogP contribution in [-0.2, 0) is 0 Å². The first-order chi connectivity index (χ1) is 9.88. The molecule has 1 aromatic carbocycles. The van der Waals surface area contributed by atoms with Gasteiger partial charge in [0.1, 0.15) is 0 Å². The van der Waals surface area contributed by atoms with Crippen LogP contribution in [0.5, 0.6) is 0 Å². The predicted octanol–water partition coefficient (Wildman–Crippen LogP) is 0.0948. The zero-order valence-corrected chi connectivity index (χ0v) is 10.5. The number of non-ortho nitro benzene ring substituents is 1. The Morgan fingerprint density at radius 3 is 2.43 bits per heavy atom. The second-order valence-electron chi connectivity index (χ2n) is 3.97. The van der Waals surface area contributed by atoms with Crippen LogP contribution in [-0.4, -0.2) is 20.8 Å². The van der Waals surface area contributed by atoms with Gasteiger partial charge in [-0.3, -0.25) is 24.7 Å². The zero-order chi connectivity index (χ0) is 15.6. The predicted molar refractivity (Wildman–Crippen MR) is 74.7 cm³/mol. The molecule has 10 heteroatoms. The van der Waals surface area contributed by atoms with Crippen LogP contribution in [0.15, 0.2) is 29.1 Å². The highest BCUT2D eigenvalue weighted by atomic mass is 16.6. The fourth-order valence-corrected chi connectivity index (χ4v) is 1.55. The molecule has 0 saturated heterocycles. The SMILES string of the molecule is Nc1nc(N)c(NC(=O)c2ccc([N+](=O)[O-])cc2)c(=O)[nH]1. The third-order valence-corrected chi connectivity index (χ3v) is 2.54. The number of nitrogen functional groups attached to an aromatic ring is 2. The van der Waals surface area contributed by atoms with Gasteiger partial charge in [0.25, 0.3) is 17.2 Å². The summed E-state index contributed by atoms with van der Waals surface area (Å²) in [6.07, 6.45) is 0. The number of nitrogens with one attached hydrogen (secondary N) is 2. The second-order valence-corrected chi connectivity index (χ2v) is 3.97. The Bertz CT molecular complexity index is 767. The van der Waals surface area contributed by atoms with Crippen molar-refractivity contribution in [3.05, 3.63) is 50.3 Å². The van der Waals surface area contributed by atoms with Gasteiger partial charge in [0, 0.05) is 17.7 Å². The molecular weight excluding hydrogens is 280 g/mol. The lowest BCUT2D eigenvalue weighted by Crippen LogP contribution is -2.23. The largest absolute Gasteiger partial charge is 0.382 e. The highest BCUT2D eigenvalue weighted by Crippen LogP contribution is 2.15. The van der Waals surface area contributed by atoms with Crippen molar-refractivity contribution in [3.8, 4) is 0 Å². The number of carbonyl (C=O) groups excluding carboxylic acids is 1. The third kappa shape index (κ3) is 2.94. The Morgan fingerprint density at radius 1 is 1.29 bits per heavy atom. The summed E-state index contributed by atoms with van der Waals surface area (Å²) < 4.78 is 0. The molecule has 1 amide bonds. The quantitative estimate of drug-likeness (QED) is 0.458. The standard InChI is InChI=1S/C11H10N6O4/c12-8-7(10(19)16-11(13)15-8)14-9(18)5-1-3-6(4-2-5)17(20)21/h1-4H,(H,14,18)(H5,12,13,15,16,19). The number of nitro benzene ring substituents is 1. The topological polar surface area (TPSA) is 170 Å². The molecule has 108 valence electrons. The van der Waals surface area contributed by atoms with E-state index in [0.717, 1.165) is 0 Å². The lowest BCUT2D eigenvalue weighted by molar-refractivity contribution is -0.384. The number of hydrogen-bond donors (Lipinski definition) is 4. The summed E-state index contributed by atoms with van der Waals surface area (Å²) in [7, 11) is 0. The maximum absolute atomic E-state index is 11.9. The molecule has 0 spiro atoms. The molecular formula is C11H10N6O4. The minimum Gasteiger partial charge on any atom is -0.382 e. The highest BCUT2D eigenvalue weighted by molar-refractivity contribution is 6.05. The molecule has 0 saturated carbocycles. The molecule has 0 fully saturated rings. The van der Waals surface area contributed by atoms with E-state index >= 15 is 0 Å². The molecule has 21 heavy (non-hydrogen) atoms. The molecule has 0 aliphatic carbocycles. The molecule has 0 bridgehead atoms. The highest BCUT2D eigenvalue weighted by Gasteiger charge is 2.14. The molecule has 0 unspecified atom stereocenters. The van der Waals surface area contributed by atoms with Crippen LogP contribution in [0.25, 0.3) is 0 Å². The molecule has 2 aromatic rings. The Morgan fingerprint density at radius 2 is 1.90 bits per heavy atom. The number of H-pyrrole nitrogens is 1. The number of rotatable bonds is 3. The van der Waals surface area contributed by atoms with Crippen LogP contribution in [0.1, 0.15) is 10.4 Å². The van der Waals surface area contributed by atoms with Crippen molar-refractivity contribution in [2.24, 2.45) is 0 Å². The number of nitrogens with zero attached hydrogens (tertiary/aromatic N) is 2. The van der Waals surface area contributed by atoms with Crippen LogP contribution in [0.4, 0.5) is 23.1 Å². The van der Waals surface area contributed by atoms with E-state index in [1.54, 1.807) is 0 Å². The summed E-state index contributed by atoms with van der Waals surface area (Å²) in [6.45, 7) is 0. The van der Waals surface area contributed by atoms with E-state index in [1.807, 2.05) is 0 Å². The van der Waals surface area contributed by atoms with Gasteiger partial charge in [0.05, 0.1) is 4.92 Å². The summed E-state index contributed by atoms with van der Waals surface area (Å²) in [5.74, 6) is -1.06. The van der Waals surface area contributed by atoms with Gasteiger partial charge in [0.15, 0.2) is 11.5 Å². The van der Waals surface area contributed by atoms with E-state index in [2.05, 4.69) is 15.3 Å². The monoisotopic (exact) mass is 290 g/mol. The van der Waals surface area contributed by atoms with Crippen molar-refractivity contribution in [2.75, 3.05) is 16.8 Å². The minimum absolute atomic E-state index is 0.122. The van der Waals surface area contributed by atoms with Crippen LogP contribution in [0.3, 0.4) is 0 Å². The smallest absolute Gasteiger partial charge is 0.278 e. The Labute approximate surface area is 116 Å². The molecule has 0 radical (unpaired) electrons. The summed E-state index contributed by atoms with van der Waals surface area (Å²) >= 11 is 0. The molecule has 0 aliphatic rings. The van der Waals surface area contributed by atoms with Crippen molar-refractivity contribution >= 4 is 29.0 Å². The van der Waals surface area contributed by atoms with Gasteiger partial charge >= 0.3 is 0 Å². The van der Waals surface area contributed by atoms with E-state index in [-0.39, 0.29) is 28.7 Å². The molecule has 1 heterocycles. The van der Waals surface area contributed by atoms with Crippen molar-refractivity contribution in [1.29, 1.82) is 0 Å². The number of aromatic amines is 1. The van der Waals surface area contributed by atoms with Crippen LogP contribution < -0.4 is 22.3 Å². The number of aromatic nitrogens is 2. The fourth-order valence-electron chi connectivity index (χ4n) is 1.55. The van der Waals surface area contributed by atoms with Crippen molar-refractivity contribution in [1.82, 2.24) is 9.97 Å². The molecule has 1 aromatic heterocycles. The fraction of sp³-hybridized carbons (Fsp3) is 0. The van der Waals surface area contributed by atoms with Gasteiger partial charge in [-0.1, -0.05) is 0 Å². The van der Waals surface area contributed by atoms with E-state index in [1.165, 1.54) is 24.3 Å². The van der Waals surface area contributed by atoms with Crippen molar-refractivity contribution in [2.45, 2.75) is 0 Å². The first kappa shape index (κ1) is 14.0. The van der Waals surface area contributed by atoms with Crippen LogP contribution in [0, 0.1) is 10.1 Å². The first-order valence-corrected chi connectivity index (χ1v) is 5.59. The van der Waals surface area contributed by atoms with Gasteiger partial charge in [-0.05, 0) is 12.1 Å². The number of carbonyl (C=O) groups is 1. The molecule has 6 N–H and O–H groups in total. The van der Waals surface area contributed by atoms with Crippen LogP contribution >= 0.6 is 0 Å². The zero-order valence-electron chi connectivity index (χ0n) is 10.5. The van der Waals surface area contributed by atoms with Gasteiger partial charge in [-0.25, -0.2) is 0 Å². The lowest BCUT2D eigenvalue weighted by atomic mass is 10.2. The maximum atomic E-state index is 11.9. The summed E-state index contributed by atoms with van der Waals surface area (Å²) in [6, 6.07) is 4.85. The Kier molecular flexibility index (Phi) is 3.52. The number of hydrogen-bond acceptors (Lipinski definition) is 7. The number of benzene rings is 1. The molecule has 0 aliphatic heterocycles. The average molecular weight is 290 g/mol. The third-order valence-electron chi connectivity index (χ3n) is 2.54. The summed E-state index contributed by atoms with van der Waals surface area (Å²) in [4.78, 5) is 39.3. The van der Waals surface area contributed by atoms with Crippen molar-refractivity contribution in [3.63, 3.8) is 0 Å². The van der Waals surface area contributed by atoms with Crippen molar-refractivity contribution < 1.29 is 9.72 Å². The van der Waals surface area contributed by atoms with Crippen LogP contribution in [0.2, 0.25) is 0 Å². The summed E-state index contributed by atoms with van der Waals surface area (Å²) in [5.41, 5.74) is 9.81. The second kappa shape index (κ2) is 5.28. The lowest BCUT2D eigenvalue weighted by Gasteiger charge is -2.06. The molecule has 2 rings (SSSR count). The van der Waals surface area contributed by atoms with Gasteiger partial charge in [-0.2, -0.15) is 4.98 Å².